The van der Waals surface area contributed by atoms with Crippen LogP contribution in [0.25, 0.3) is 22.0 Å². The second kappa shape index (κ2) is 19.6. The zero-order valence-electron chi connectivity index (χ0n) is 40.9. The Bertz CT molecular complexity index is 2950. The third kappa shape index (κ3) is 8.96. The van der Waals surface area contributed by atoms with E-state index in [4.69, 9.17) is 15.2 Å². The molecule has 372 valence electrons. The van der Waals surface area contributed by atoms with Gasteiger partial charge in [-0.25, -0.2) is 13.6 Å². The van der Waals surface area contributed by atoms with Gasteiger partial charge >= 0.3 is 6.03 Å². The Labute approximate surface area is 412 Å². The third-order valence-electron chi connectivity index (χ3n) is 16.3. The molecule has 0 bridgehead atoms. The number of nitrogens with one attached hydrogen (secondary N) is 2. The average molecular weight is 969 g/mol. The first kappa shape index (κ1) is 48.1. The summed E-state index contributed by atoms with van der Waals surface area (Å²) in [5.74, 6) is -0.981. The van der Waals surface area contributed by atoms with Crippen LogP contribution in [-0.4, -0.2) is 108 Å². The van der Waals surface area contributed by atoms with Crippen molar-refractivity contribution in [2.75, 3.05) is 57.8 Å². The number of allylic oxidation sites excluding steroid dienone is 2. The van der Waals surface area contributed by atoms with Gasteiger partial charge in [0.25, 0.3) is 0 Å². The van der Waals surface area contributed by atoms with Gasteiger partial charge in [0.05, 0.1) is 18.2 Å². The summed E-state index contributed by atoms with van der Waals surface area (Å²) in [5.41, 5.74) is 14.6. The average Bonchev–Trinajstić information content (AvgIpc) is 3.86. The molecule has 71 heavy (non-hydrogen) atoms. The van der Waals surface area contributed by atoms with E-state index in [1.54, 1.807) is 17.9 Å². The van der Waals surface area contributed by atoms with Gasteiger partial charge in [0, 0.05) is 92.2 Å². The number of rotatable bonds is 12. The summed E-state index contributed by atoms with van der Waals surface area (Å²) in [6, 6.07) is 10.2. The van der Waals surface area contributed by atoms with Crippen molar-refractivity contribution >= 4 is 40.5 Å². The zero-order valence-corrected chi connectivity index (χ0v) is 40.9. The van der Waals surface area contributed by atoms with E-state index in [-0.39, 0.29) is 63.9 Å². The molecule has 0 radical (unpaired) electrons. The van der Waals surface area contributed by atoms with E-state index in [0.29, 0.717) is 55.0 Å². The quantitative estimate of drug-likeness (QED) is 0.121. The van der Waals surface area contributed by atoms with E-state index in [2.05, 4.69) is 50.3 Å². The molecule has 10 rings (SSSR count). The lowest BCUT2D eigenvalue weighted by Crippen LogP contribution is -2.53. The lowest BCUT2D eigenvalue weighted by atomic mass is 9.76. The van der Waals surface area contributed by atoms with Crippen LogP contribution in [0.5, 0.6) is 11.5 Å². The second-order valence-electron chi connectivity index (χ2n) is 20.3. The van der Waals surface area contributed by atoms with E-state index in [9.17, 15) is 19.2 Å². The van der Waals surface area contributed by atoms with E-state index >= 15 is 8.78 Å². The number of hydrogen-bond acceptors (Lipinski definition) is 9. The zero-order chi connectivity index (χ0) is 49.7. The number of benzene rings is 3. The maximum absolute atomic E-state index is 16.3. The van der Waals surface area contributed by atoms with Crippen molar-refractivity contribution in [1.29, 1.82) is 0 Å². The van der Waals surface area contributed by atoms with Crippen LogP contribution >= 0.6 is 0 Å². The van der Waals surface area contributed by atoms with Gasteiger partial charge in [0.2, 0.25) is 17.7 Å². The molecule has 4 N–H and O–H groups in total. The number of aromatic nitrogens is 2. The van der Waals surface area contributed by atoms with Crippen molar-refractivity contribution in [3.05, 3.63) is 106 Å². The highest BCUT2D eigenvalue weighted by molar-refractivity contribution is 6.09. The molecule has 2 aliphatic carbocycles. The Hall–Kier alpha value is -6.57. The molecule has 4 fully saturated rings. The molecular weight excluding hydrogens is 907 g/mol. The molecule has 5 heterocycles. The number of nitrogens with zero attached hydrogens (tertiary/aromatic N) is 5. The number of nitrogens with two attached hydrogens (primary N) is 1. The first-order valence-electron chi connectivity index (χ1n) is 25.1. The fourth-order valence-electron chi connectivity index (χ4n) is 12.2. The smallest absolute Gasteiger partial charge is 0.329 e. The van der Waals surface area contributed by atoms with Crippen LogP contribution in [0, 0.1) is 30.4 Å². The van der Waals surface area contributed by atoms with Crippen LogP contribution in [0.1, 0.15) is 104 Å². The van der Waals surface area contributed by atoms with Crippen molar-refractivity contribution in [3.63, 3.8) is 0 Å². The van der Waals surface area contributed by atoms with Gasteiger partial charge in [-0.05, 0) is 136 Å². The minimum atomic E-state index is -1.10. The number of piperidine rings is 2. The summed E-state index contributed by atoms with van der Waals surface area (Å²) in [5, 5.41) is 11.7. The van der Waals surface area contributed by atoms with Crippen LogP contribution in [0.3, 0.4) is 0 Å². The molecule has 1 aromatic heterocycles. The fraction of sp³-hybridized carbons (Fsp3) is 0.473. The number of amides is 5. The second-order valence-corrected chi connectivity index (χ2v) is 20.3. The molecule has 2 atom stereocenters. The maximum Gasteiger partial charge on any atom is 0.329 e. The first-order chi connectivity index (χ1) is 34.2. The molecule has 1 saturated carbocycles. The Kier molecular flexibility index (Phi) is 13.2. The van der Waals surface area contributed by atoms with E-state index < -0.39 is 35.1 Å². The standard InChI is InChI=1S/C55H62F2N8O6/c1-32-42(56)29-45-48(47(32)49-41(51(58)67)16-17-44(70-4)50(49)57)33(2)55(71-45,38-8-6-5-7-9-38)31-59-39-20-25-64(26-21-39)53(68)36-12-10-34(11-13-36)30-63-23-18-35(19-24-63)37-14-15-40-43(28-37)62(3)61-52(40)65-27-22-46(66)60-54(65)69/h5-6,8,14-17,28-29,33-36,39,59H,10-13,18-27,30-31H2,1-4H3,(H2,58,67)(H,60,66,69). The third-order valence-corrected chi connectivity index (χ3v) is 16.3. The number of carbonyl (C=O) groups excluding carboxylic acids is 4. The van der Waals surface area contributed by atoms with Crippen LogP contribution in [0.4, 0.5) is 19.4 Å². The van der Waals surface area contributed by atoms with Gasteiger partial charge in [0.15, 0.2) is 23.0 Å². The van der Waals surface area contributed by atoms with E-state index in [0.717, 1.165) is 81.9 Å². The molecule has 2 unspecified atom stereocenters. The monoisotopic (exact) mass is 968 g/mol. The Morgan fingerprint density at radius 3 is 2.44 bits per heavy atom. The van der Waals surface area contributed by atoms with Crippen LogP contribution in [-0.2, 0) is 16.6 Å². The lowest BCUT2D eigenvalue weighted by molar-refractivity contribution is -0.138. The SMILES string of the molecule is COc1ccc(C(N)=O)c(-c2c(C)c(F)cc3c2C(C)C(CNC2CCN(C(=O)C4CCC(CN5CCC(c6ccc7c(N8CCC(=O)NC8=O)nn(C)c7c6)CC5)CC4)CC2)(C2=C=C=CC=C2)O3)c1F. The number of halogens is 2. The largest absolute Gasteiger partial charge is 0.494 e. The molecule has 3 aromatic carbocycles. The molecule has 5 amide bonds. The molecular formula is C55H62F2N8O6. The lowest BCUT2D eigenvalue weighted by Gasteiger charge is -2.40. The number of hydrogen-bond donors (Lipinski definition) is 3. The first-order valence-corrected chi connectivity index (χ1v) is 25.1. The van der Waals surface area contributed by atoms with Gasteiger partial charge < -0.3 is 30.3 Å². The number of methoxy groups -OCH3 is 1. The van der Waals surface area contributed by atoms with Crippen LogP contribution in [0.2, 0.25) is 0 Å². The number of ether oxygens (including phenoxy) is 2. The summed E-state index contributed by atoms with van der Waals surface area (Å²) >= 11 is 0. The number of urea groups is 1. The van der Waals surface area contributed by atoms with E-state index in [1.807, 2.05) is 35.7 Å². The van der Waals surface area contributed by atoms with Crippen molar-refractivity contribution in [2.45, 2.75) is 95.1 Å². The molecule has 14 nitrogen and oxygen atoms in total. The highest BCUT2D eigenvalue weighted by atomic mass is 19.1. The summed E-state index contributed by atoms with van der Waals surface area (Å²) in [6.07, 6.45) is 13.3. The number of fused-ring (bicyclic) bond motifs is 2. The molecule has 6 aliphatic rings. The van der Waals surface area contributed by atoms with Crippen molar-refractivity contribution in [3.8, 4) is 22.6 Å². The number of primary amides is 1. The summed E-state index contributed by atoms with van der Waals surface area (Å²) in [4.78, 5) is 57.2. The van der Waals surface area contributed by atoms with E-state index in [1.165, 1.54) is 30.9 Å². The fourth-order valence-corrected chi connectivity index (χ4v) is 12.2. The Balaban J connectivity index is 0.727. The molecule has 4 aromatic rings. The minimum Gasteiger partial charge on any atom is -0.494 e. The van der Waals surface area contributed by atoms with Crippen molar-refractivity contribution in [1.82, 2.24) is 30.2 Å². The highest BCUT2D eigenvalue weighted by Gasteiger charge is 2.51. The van der Waals surface area contributed by atoms with Crippen molar-refractivity contribution < 1.29 is 37.4 Å². The molecule has 4 aliphatic heterocycles. The highest BCUT2D eigenvalue weighted by Crippen LogP contribution is 2.54. The molecule has 0 spiro atoms. The number of likely N-dealkylation sites (tertiary alicyclic amines) is 2. The molecule has 3 saturated heterocycles. The maximum atomic E-state index is 16.3. The number of imide groups is 1. The number of anilines is 1. The predicted molar refractivity (Wildman–Crippen MR) is 265 cm³/mol. The summed E-state index contributed by atoms with van der Waals surface area (Å²) < 4.78 is 46.1. The number of carbonyl (C=O) groups is 4. The van der Waals surface area contributed by atoms with Gasteiger partial charge in [-0.1, -0.05) is 30.5 Å². The minimum absolute atomic E-state index is 0.0395. The molecule has 16 heteroatoms. The van der Waals surface area contributed by atoms with Gasteiger partial charge in [-0.2, -0.15) is 5.10 Å². The summed E-state index contributed by atoms with van der Waals surface area (Å²) in [6.45, 7) is 8.57. The van der Waals surface area contributed by atoms with Crippen LogP contribution in [0.15, 0.2) is 71.7 Å². The van der Waals surface area contributed by atoms with Crippen LogP contribution < -0.4 is 30.7 Å². The number of aryl methyl sites for hydroxylation is 1. The topological polar surface area (TPSA) is 164 Å². The Morgan fingerprint density at radius 1 is 0.986 bits per heavy atom. The van der Waals surface area contributed by atoms with Gasteiger partial charge in [-0.15, -0.1) is 0 Å². The van der Waals surface area contributed by atoms with Gasteiger partial charge in [0.1, 0.15) is 11.6 Å². The summed E-state index contributed by atoms with van der Waals surface area (Å²) in [7, 11) is 3.22. The normalized spacial score (nSPS) is 24.0. The Morgan fingerprint density at radius 2 is 1.75 bits per heavy atom. The van der Waals surface area contributed by atoms with Crippen molar-refractivity contribution in [2.24, 2.45) is 24.6 Å². The predicted octanol–water partition coefficient (Wildman–Crippen LogP) is 7.69. The van der Waals surface area contributed by atoms with Gasteiger partial charge in [-0.3, -0.25) is 29.3 Å².